The van der Waals surface area contributed by atoms with Crippen molar-refractivity contribution in [3.8, 4) is 0 Å². The van der Waals surface area contributed by atoms with E-state index in [1.165, 1.54) is 50.1 Å². The van der Waals surface area contributed by atoms with Gasteiger partial charge >= 0.3 is 0 Å². The third-order valence-corrected chi connectivity index (χ3v) is 4.42. The highest BCUT2D eigenvalue weighted by Crippen LogP contribution is 2.31. The largest absolute Gasteiger partial charge is 0.368 e. The molecule has 1 aromatic rings. The van der Waals surface area contributed by atoms with Gasteiger partial charge in [-0.25, -0.2) is 0 Å². The summed E-state index contributed by atoms with van der Waals surface area (Å²) in [4.78, 5) is 2.64. The number of hydrogen-bond acceptors (Lipinski definition) is 2. The van der Waals surface area contributed by atoms with E-state index in [0.717, 1.165) is 5.92 Å². The molecule has 1 aromatic carbocycles. The molecular formula is C15H22N2. The molecule has 0 spiro atoms. The third kappa shape index (κ3) is 2.06. The van der Waals surface area contributed by atoms with Gasteiger partial charge in [0.1, 0.15) is 0 Å². The van der Waals surface area contributed by atoms with Crippen LogP contribution in [0.2, 0.25) is 0 Å². The maximum Gasteiger partial charge on any atom is 0.0401 e. The van der Waals surface area contributed by atoms with Crippen LogP contribution < -0.4 is 10.2 Å². The maximum atomic E-state index is 3.49. The van der Waals surface area contributed by atoms with Gasteiger partial charge in [0.2, 0.25) is 0 Å². The number of nitrogens with zero attached hydrogens (tertiary/aromatic N) is 1. The van der Waals surface area contributed by atoms with E-state index in [9.17, 15) is 0 Å². The molecule has 2 heteroatoms. The number of para-hydroxylation sites is 1. The fourth-order valence-electron chi connectivity index (χ4n) is 3.33. The van der Waals surface area contributed by atoms with Gasteiger partial charge in [0.05, 0.1) is 0 Å². The quantitative estimate of drug-likeness (QED) is 0.839. The summed E-state index contributed by atoms with van der Waals surface area (Å²) in [5.41, 5.74) is 3.02. The zero-order valence-electron chi connectivity index (χ0n) is 10.7. The monoisotopic (exact) mass is 230 g/mol. The summed E-state index contributed by atoms with van der Waals surface area (Å²) in [7, 11) is 0. The number of aryl methyl sites for hydroxylation is 1. The van der Waals surface area contributed by atoms with Gasteiger partial charge in [0.25, 0.3) is 0 Å². The molecule has 2 aliphatic rings. The highest BCUT2D eigenvalue weighted by Gasteiger charge is 2.28. The molecule has 2 nitrogen and oxygen atoms in total. The van der Waals surface area contributed by atoms with E-state index in [0.29, 0.717) is 6.04 Å². The first kappa shape index (κ1) is 11.1. The Kier molecular flexibility index (Phi) is 3.06. The van der Waals surface area contributed by atoms with Crippen molar-refractivity contribution < 1.29 is 0 Å². The molecule has 0 aromatic heterocycles. The Morgan fingerprint density at radius 2 is 2.24 bits per heavy atom. The summed E-state index contributed by atoms with van der Waals surface area (Å²) in [6.07, 6.45) is 3.89. The number of hydrogen-bond donors (Lipinski definition) is 1. The molecule has 92 valence electrons. The smallest absolute Gasteiger partial charge is 0.0401 e. The maximum absolute atomic E-state index is 3.49. The van der Waals surface area contributed by atoms with Crippen molar-refractivity contribution >= 4 is 5.69 Å². The van der Waals surface area contributed by atoms with Gasteiger partial charge in [-0.15, -0.1) is 0 Å². The Morgan fingerprint density at radius 1 is 1.35 bits per heavy atom. The Bertz CT molecular complexity index is 382. The molecule has 2 heterocycles. The molecule has 0 aliphatic carbocycles. The molecule has 0 radical (unpaired) electrons. The van der Waals surface area contributed by atoms with E-state index in [-0.39, 0.29) is 0 Å². The van der Waals surface area contributed by atoms with Gasteiger partial charge < -0.3 is 10.2 Å². The minimum absolute atomic E-state index is 0.673. The number of benzene rings is 1. The van der Waals surface area contributed by atoms with Crippen LogP contribution in [0.3, 0.4) is 0 Å². The van der Waals surface area contributed by atoms with Crippen molar-refractivity contribution in [1.29, 1.82) is 0 Å². The average molecular weight is 230 g/mol. The van der Waals surface area contributed by atoms with Crippen LogP contribution in [-0.4, -0.2) is 25.7 Å². The second kappa shape index (κ2) is 4.69. The van der Waals surface area contributed by atoms with Crippen molar-refractivity contribution in [2.24, 2.45) is 5.92 Å². The zero-order valence-corrected chi connectivity index (χ0v) is 10.7. The van der Waals surface area contributed by atoms with E-state index in [1.54, 1.807) is 0 Å². The molecule has 1 fully saturated rings. The number of anilines is 1. The number of rotatable bonds is 2. The van der Waals surface area contributed by atoms with Crippen LogP contribution in [0.25, 0.3) is 0 Å². The molecule has 1 saturated heterocycles. The molecule has 2 unspecified atom stereocenters. The van der Waals surface area contributed by atoms with Crippen molar-refractivity contribution in [1.82, 2.24) is 5.32 Å². The van der Waals surface area contributed by atoms with Crippen molar-refractivity contribution in [3.05, 3.63) is 29.8 Å². The number of nitrogens with one attached hydrogen (secondary N) is 1. The Hall–Kier alpha value is -1.02. The van der Waals surface area contributed by atoms with Crippen LogP contribution in [0, 0.1) is 5.92 Å². The van der Waals surface area contributed by atoms with Crippen LogP contribution >= 0.6 is 0 Å². The predicted molar refractivity (Wildman–Crippen MR) is 72.5 cm³/mol. The first-order valence-corrected chi connectivity index (χ1v) is 6.91. The lowest BCUT2D eigenvalue weighted by Gasteiger charge is -2.39. The highest BCUT2D eigenvalue weighted by atomic mass is 15.2. The summed E-state index contributed by atoms with van der Waals surface area (Å²) in [6, 6.07) is 9.61. The molecule has 1 N–H and O–H groups in total. The summed E-state index contributed by atoms with van der Waals surface area (Å²) in [6.45, 7) is 6.03. The second-order valence-electron chi connectivity index (χ2n) is 5.42. The van der Waals surface area contributed by atoms with E-state index in [1.807, 2.05) is 0 Å². The van der Waals surface area contributed by atoms with Gasteiger partial charge in [0.15, 0.2) is 0 Å². The lowest BCUT2D eigenvalue weighted by atomic mass is 9.94. The van der Waals surface area contributed by atoms with Gasteiger partial charge in [-0.1, -0.05) is 18.2 Å². The van der Waals surface area contributed by atoms with Crippen LogP contribution in [0.1, 0.15) is 25.3 Å². The molecule has 0 amide bonds. The summed E-state index contributed by atoms with van der Waals surface area (Å²) < 4.78 is 0. The van der Waals surface area contributed by atoms with E-state index in [4.69, 9.17) is 0 Å². The normalized spacial score (nSPS) is 25.7. The molecule has 17 heavy (non-hydrogen) atoms. The molecule has 2 atom stereocenters. The van der Waals surface area contributed by atoms with Crippen molar-refractivity contribution in [2.45, 2.75) is 32.2 Å². The molecule has 0 saturated carbocycles. The Labute approximate surface area is 104 Å². The first-order valence-electron chi connectivity index (χ1n) is 6.91. The summed E-state index contributed by atoms with van der Waals surface area (Å²) >= 11 is 0. The van der Waals surface area contributed by atoms with Crippen LogP contribution in [-0.2, 0) is 6.42 Å². The fraction of sp³-hybridized carbons (Fsp3) is 0.600. The standard InChI is InChI=1S/C15H22N2/c1-12(14-8-9-16-11-14)17-10-4-6-13-5-2-3-7-15(13)17/h2-3,5,7,12,14,16H,4,6,8-11H2,1H3. The van der Waals surface area contributed by atoms with E-state index >= 15 is 0 Å². The minimum Gasteiger partial charge on any atom is -0.368 e. The fourth-order valence-corrected chi connectivity index (χ4v) is 3.33. The van der Waals surface area contributed by atoms with Gasteiger partial charge in [-0.2, -0.15) is 0 Å². The van der Waals surface area contributed by atoms with Crippen LogP contribution in [0.5, 0.6) is 0 Å². The predicted octanol–water partition coefficient (Wildman–Crippen LogP) is 2.44. The van der Waals surface area contributed by atoms with Crippen molar-refractivity contribution in [2.75, 3.05) is 24.5 Å². The Morgan fingerprint density at radius 3 is 3.06 bits per heavy atom. The lowest BCUT2D eigenvalue weighted by molar-refractivity contribution is 0.439. The Balaban J connectivity index is 1.84. The molecule has 3 rings (SSSR count). The van der Waals surface area contributed by atoms with Crippen LogP contribution in [0.15, 0.2) is 24.3 Å². The van der Waals surface area contributed by atoms with Gasteiger partial charge in [0, 0.05) is 18.3 Å². The SMILES string of the molecule is CC(C1CCNC1)N1CCCc2ccccc21. The van der Waals surface area contributed by atoms with E-state index < -0.39 is 0 Å². The highest BCUT2D eigenvalue weighted by molar-refractivity contribution is 5.56. The molecule has 0 bridgehead atoms. The topological polar surface area (TPSA) is 15.3 Å². The summed E-state index contributed by atoms with van der Waals surface area (Å²) in [5.74, 6) is 0.821. The second-order valence-corrected chi connectivity index (χ2v) is 5.42. The zero-order chi connectivity index (χ0) is 11.7. The summed E-state index contributed by atoms with van der Waals surface area (Å²) in [5, 5.41) is 3.49. The van der Waals surface area contributed by atoms with Crippen LogP contribution in [0.4, 0.5) is 5.69 Å². The lowest BCUT2D eigenvalue weighted by Crippen LogP contribution is -2.42. The third-order valence-electron chi connectivity index (χ3n) is 4.42. The first-order chi connectivity index (χ1) is 8.36. The molecular weight excluding hydrogens is 208 g/mol. The average Bonchev–Trinajstić information content (AvgIpc) is 2.91. The van der Waals surface area contributed by atoms with Crippen molar-refractivity contribution in [3.63, 3.8) is 0 Å². The minimum atomic E-state index is 0.673. The molecule has 2 aliphatic heterocycles. The number of fused-ring (bicyclic) bond motifs is 1. The van der Waals surface area contributed by atoms with Gasteiger partial charge in [-0.05, 0) is 56.8 Å². The van der Waals surface area contributed by atoms with Gasteiger partial charge in [-0.3, -0.25) is 0 Å². The van der Waals surface area contributed by atoms with E-state index in [2.05, 4.69) is 41.4 Å².